The van der Waals surface area contributed by atoms with Crippen molar-refractivity contribution in [2.75, 3.05) is 0 Å². The molecular formula is C11H20. The minimum atomic E-state index is 1.04. The molecule has 0 heteroatoms. The van der Waals surface area contributed by atoms with E-state index < -0.39 is 0 Å². The van der Waals surface area contributed by atoms with Crippen molar-refractivity contribution >= 4 is 0 Å². The Bertz CT molecular complexity index is 139. The molecule has 2 rings (SSSR count). The van der Waals surface area contributed by atoms with Gasteiger partial charge in [-0.1, -0.05) is 33.1 Å². The van der Waals surface area contributed by atoms with Crippen molar-refractivity contribution in [3.63, 3.8) is 0 Å². The minimum absolute atomic E-state index is 1.04. The first kappa shape index (κ1) is 7.64. The van der Waals surface area contributed by atoms with Gasteiger partial charge in [-0.05, 0) is 36.5 Å². The van der Waals surface area contributed by atoms with Gasteiger partial charge >= 0.3 is 0 Å². The third kappa shape index (κ3) is 1.21. The SMILES string of the molecule is CC1CC2CCCCC1C2C. The summed E-state index contributed by atoms with van der Waals surface area (Å²) in [5.74, 6) is 4.27. The van der Waals surface area contributed by atoms with E-state index in [9.17, 15) is 0 Å². The van der Waals surface area contributed by atoms with Crippen LogP contribution >= 0.6 is 0 Å². The van der Waals surface area contributed by atoms with E-state index in [1.165, 1.54) is 32.1 Å². The molecule has 2 fully saturated rings. The second kappa shape index (κ2) is 2.80. The highest BCUT2D eigenvalue weighted by molar-refractivity contribution is 4.88. The average molecular weight is 152 g/mol. The largest absolute Gasteiger partial charge is 0.0622 e. The van der Waals surface area contributed by atoms with Crippen molar-refractivity contribution < 1.29 is 0 Å². The lowest BCUT2D eigenvalue weighted by Gasteiger charge is -2.18. The third-order valence-electron chi connectivity index (χ3n) is 4.19. The molecule has 11 heavy (non-hydrogen) atoms. The molecule has 2 aliphatic rings. The smallest absolute Gasteiger partial charge is 0.0360 e. The van der Waals surface area contributed by atoms with Crippen LogP contribution in [0.5, 0.6) is 0 Å². The zero-order chi connectivity index (χ0) is 7.84. The standard InChI is InChI=1S/C11H20/c1-8-7-10-5-3-4-6-11(8)9(10)2/h8-11H,3-7H2,1-2H3. The van der Waals surface area contributed by atoms with Crippen molar-refractivity contribution in [2.45, 2.75) is 46.0 Å². The van der Waals surface area contributed by atoms with Crippen LogP contribution in [0.15, 0.2) is 0 Å². The normalized spacial score (nSPS) is 50.7. The molecule has 2 saturated carbocycles. The summed E-state index contributed by atoms with van der Waals surface area (Å²) in [7, 11) is 0. The predicted octanol–water partition coefficient (Wildman–Crippen LogP) is 3.47. The van der Waals surface area contributed by atoms with Gasteiger partial charge < -0.3 is 0 Å². The van der Waals surface area contributed by atoms with Crippen molar-refractivity contribution in [1.82, 2.24) is 0 Å². The fourth-order valence-corrected chi connectivity index (χ4v) is 3.45. The highest BCUT2D eigenvalue weighted by Crippen LogP contribution is 2.48. The molecule has 0 N–H and O–H groups in total. The van der Waals surface area contributed by atoms with Crippen LogP contribution in [0.1, 0.15) is 46.0 Å². The zero-order valence-corrected chi connectivity index (χ0v) is 7.84. The second-order valence-corrected chi connectivity index (χ2v) is 4.78. The number of hydrogen-bond acceptors (Lipinski definition) is 0. The molecule has 64 valence electrons. The molecule has 0 saturated heterocycles. The minimum Gasteiger partial charge on any atom is -0.0622 e. The monoisotopic (exact) mass is 152 g/mol. The predicted molar refractivity (Wildman–Crippen MR) is 48.4 cm³/mol. The summed E-state index contributed by atoms with van der Waals surface area (Å²) >= 11 is 0. The topological polar surface area (TPSA) is 0 Å². The van der Waals surface area contributed by atoms with E-state index in [1.54, 1.807) is 0 Å². The Labute approximate surface area is 70.4 Å². The lowest BCUT2D eigenvalue weighted by atomic mass is 9.87. The molecule has 2 aliphatic carbocycles. The zero-order valence-electron chi connectivity index (χ0n) is 7.84. The molecule has 4 unspecified atom stereocenters. The van der Waals surface area contributed by atoms with Crippen molar-refractivity contribution in [3.05, 3.63) is 0 Å². The van der Waals surface area contributed by atoms with Gasteiger partial charge in [0.05, 0.1) is 0 Å². The average Bonchev–Trinajstić information content (AvgIpc) is 2.17. The van der Waals surface area contributed by atoms with Gasteiger partial charge in [-0.3, -0.25) is 0 Å². The van der Waals surface area contributed by atoms with Gasteiger partial charge in [-0.25, -0.2) is 0 Å². The van der Waals surface area contributed by atoms with Crippen molar-refractivity contribution in [2.24, 2.45) is 23.7 Å². The highest BCUT2D eigenvalue weighted by atomic mass is 14.4. The van der Waals surface area contributed by atoms with Crippen molar-refractivity contribution in [3.8, 4) is 0 Å². The first-order valence-corrected chi connectivity index (χ1v) is 5.29. The Morgan fingerprint density at radius 3 is 2.55 bits per heavy atom. The maximum Gasteiger partial charge on any atom is -0.0360 e. The van der Waals surface area contributed by atoms with Crippen LogP contribution in [0, 0.1) is 23.7 Å². The fraction of sp³-hybridized carbons (Fsp3) is 1.00. The van der Waals surface area contributed by atoms with E-state index >= 15 is 0 Å². The molecule has 0 nitrogen and oxygen atoms in total. The molecule has 0 aromatic rings. The highest BCUT2D eigenvalue weighted by Gasteiger charge is 2.38. The van der Waals surface area contributed by atoms with Crippen LogP contribution in [0.25, 0.3) is 0 Å². The Hall–Kier alpha value is 0. The lowest BCUT2D eigenvalue weighted by molar-refractivity contribution is 0.313. The number of rotatable bonds is 0. The maximum atomic E-state index is 2.49. The van der Waals surface area contributed by atoms with Crippen LogP contribution in [0.2, 0.25) is 0 Å². The van der Waals surface area contributed by atoms with Gasteiger partial charge in [0.25, 0.3) is 0 Å². The second-order valence-electron chi connectivity index (χ2n) is 4.78. The Kier molecular flexibility index (Phi) is 1.95. The quantitative estimate of drug-likeness (QED) is 0.498. The van der Waals surface area contributed by atoms with Gasteiger partial charge in [0.1, 0.15) is 0 Å². The number of hydrogen-bond donors (Lipinski definition) is 0. The summed E-state index contributed by atoms with van der Waals surface area (Å²) in [4.78, 5) is 0. The first-order chi connectivity index (χ1) is 5.29. The van der Waals surface area contributed by atoms with Gasteiger partial charge in [0.2, 0.25) is 0 Å². The number of fused-ring (bicyclic) bond motifs is 2. The molecule has 0 spiro atoms. The van der Waals surface area contributed by atoms with E-state index in [0.29, 0.717) is 0 Å². The molecule has 0 radical (unpaired) electrons. The molecule has 0 aliphatic heterocycles. The van der Waals surface area contributed by atoms with Crippen LogP contribution in [0.4, 0.5) is 0 Å². The summed E-state index contributed by atoms with van der Waals surface area (Å²) in [5.41, 5.74) is 0. The fourth-order valence-electron chi connectivity index (χ4n) is 3.45. The maximum absolute atomic E-state index is 2.49. The van der Waals surface area contributed by atoms with Crippen molar-refractivity contribution in [1.29, 1.82) is 0 Å². The van der Waals surface area contributed by atoms with E-state index in [4.69, 9.17) is 0 Å². The summed E-state index contributed by atoms with van der Waals surface area (Å²) in [6.07, 6.45) is 7.61. The Morgan fingerprint density at radius 2 is 1.73 bits per heavy atom. The van der Waals surface area contributed by atoms with Gasteiger partial charge in [-0.2, -0.15) is 0 Å². The lowest BCUT2D eigenvalue weighted by Crippen LogP contribution is -2.10. The first-order valence-electron chi connectivity index (χ1n) is 5.29. The van der Waals surface area contributed by atoms with Gasteiger partial charge in [-0.15, -0.1) is 0 Å². The summed E-state index contributed by atoms with van der Waals surface area (Å²) in [6, 6.07) is 0. The molecule has 0 heterocycles. The van der Waals surface area contributed by atoms with Crippen LogP contribution < -0.4 is 0 Å². The van der Waals surface area contributed by atoms with Gasteiger partial charge in [0.15, 0.2) is 0 Å². The molecule has 0 aromatic heterocycles. The molecule has 0 aromatic carbocycles. The van der Waals surface area contributed by atoms with E-state index in [1.807, 2.05) is 0 Å². The van der Waals surface area contributed by atoms with Crippen LogP contribution in [0.3, 0.4) is 0 Å². The Balaban J connectivity index is 2.12. The summed E-state index contributed by atoms with van der Waals surface area (Å²) in [6.45, 7) is 4.96. The van der Waals surface area contributed by atoms with E-state index in [0.717, 1.165) is 23.7 Å². The van der Waals surface area contributed by atoms with Gasteiger partial charge in [0, 0.05) is 0 Å². The van der Waals surface area contributed by atoms with Crippen LogP contribution in [-0.2, 0) is 0 Å². The summed E-state index contributed by atoms with van der Waals surface area (Å²) < 4.78 is 0. The van der Waals surface area contributed by atoms with E-state index in [2.05, 4.69) is 13.8 Å². The van der Waals surface area contributed by atoms with Crippen LogP contribution in [-0.4, -0.2) is 0 Å². The third-order valence-corrected chi connectivity index (χ3v) is 4.19. The molecule has 2 bridgehead atoms. The molecule has 4 atom stereocenters. The molecule has 0 amide bonds. The Morgan fingerprint density at radius 1 is 1.00 bits per heavy atom. The summed E-state index contributed by atoms with van der Waals surface area (Å²) in [5, 5.41) is 0. The van der Waals surface area contributed by atoms with E-state index in [-0.39, 0.29) is 0 Å². The molecular weight excluding hydrogens is 132 g/mol.